The molecule has 0 saturated heterocycles. The van der Waals surface area contributed by atoms with Crippen molar-refractivity contribution in [2.24, 2.45) is 0 Å². The Morgan fingerprint density at radius 1 is 1.12 bits per heavy atom. The Morgan fingerprint density at radius 3 is 2.61 bits per heavy atom. The van der Waals surface area contributed by atoms with Crippen LogP contribution in [-0.4, -0.2) is 31.6 Å². The van der Waals surface area contributed by atoms with E-state index in [1.807, 2.05) is 45.0 Å². The van der Waals surface area contributed by atoms with Gasteiger partial charge < -0.3 is 10.0 Å². The van der Waals surface area contributed by atoms with E-state index in [2.05, 4.69) is 36.0 Å². The normalized spacial score (nSPS) is 10.9. The fourth-order valence-corrected chi connectivity index (χ4v) is 4.10. The first-order valence-corrected chi connectivity index (χ1v) is 11.1. The van der Waals surface area contributed by atoms with Gasteiger partial charge in [-0.1, -0.05) is 12.1 Å². The zero-order valence-electron chi connectivity index (χ0n) is 18.6. The number of rotatable bonds is 6. The van der Waals surface area contributed by atoms with Crippen LogP contribution in [0, 0.1) is 18.3 Å². The molecule has 4 rings (SSSR count). The number of nitriles is 1. The molecule has 33 heavy (non-hydrogen) atoms. The summed E-state index contributed by atoms with van der Waals surface area (Å²) in [6, 6.07) is 13.0. The molecule has 3 aromatic heterocycles. The van der Waals surface area contributed by atoms with Gasteiger partial charge in [0.15, 0.2) is 5.65 Å². The van der Waals surface area contributed by atoms with Crippen LogP contribution in [0.3, 0.4) is 0 Å². The number of benzene rings is 1. The number of nitrogens with zero attached hydrogens (tertiary/aromatic N) is 6. The van der Waals surface area contributed by atoms with Crippen LogP contribution in [0.1, 0.15) is 31.1 Å². The van der Waals surface area contributed by atoms with Crippen LogP contribution in [-0.2, 0) is 0 Å². The van der Waals surface area contributed by atoms with E-state index in [0.717, 1.165) is 4.90 Å². The molecule has 0 saturated carbocycles. The first-order chi connectivity index (χ1) is 15.9. The van der Waals surface area contributed by atoms with Crippen LogP contribution >= 0.6 is 11.9 Å². The lowest BCUT2D eigenvalue weighted by Crippen LogP contribution is -2.26. The molecule has 10 heteroatoms. The molecule has 0 aliphatic rings. The van der Waals surface area contributed by atoms with Gasteiger partial charge in [0.25, 0.3) is 5.56 Å². The van der Waals surface area contributed by atoms with Gasteiger partial charge in [0, 0.05) is 29.2 Å². The number of hydrogen-bond donors (Lipinski definition) is 2. The molecule has 0 aliphatic heterocycles. The molecule has 9 nitrogen and oxygen atoms in total. The first-order valence-electron chi connectivity index (χ1n) is 10.3. The van der Waals surface area contributed by atoms with E-state index in [1.165, 1.54) is 11.9 Å². The summed E-state index contributed by atoms with van der Waals surface area (Å²) in [5.74, 6) is 1.04. The summed E-state index contributed by atoms with van der Waals surface area (Å²) in [6.07, 6.45) is 1.61. The maximum Gasteiger partial charge on any atom is 0.279 e. The summed E-state index contributed by atoms with van der Waals surface area (Å²) in [4.78, 5) is 32.1. The highest BCUT2D eigenvalue weighted by molar-refractivity contribution is 8.00. The smallest absolute Gasteiger partial charge is 0.279 e. The van der Waals surface area contributed by atoms with E-state index < -0.39 is 0 Å². The van der Waals surface area contributed by atoms with Crippen LogP contribution in [0.4, 0.5) is 11.8 Å². The van der Waals surface area contributed by atoms with E-state index in [-0.39, 0.29) is 11.6 Å². The number of pyridine rings is 1. The van der Waals surface area contributed by atoms with Crippen molar-refractivity contribution >= 4 is 34.9 Å². The van der Waals surface area contributed by atoms with Gasteiger partial charge in [0.2, 0.25) is 5.95 Å². The minimum absolute atomic E-state index is 0.118. The number of aryl methyl sites for hydroxylation is 1. The van der Waals surface area contributed by atoms with Crippen molar-refractivity contribution in [2.45, 2.75) is 31.7 Å². The number of hydrogen-bond acceptors (Lipinski definition) is 9. The maximum absolute atomic E-state index is 13.4. The Hall–Kier alpha value is -3.97. The van der Waals surface area contributed by atoms with Crippen molar-refractivity contribution < 1.29 is 0 Å². The second-order valence-corrected chi connectivity index (χ2v) is 8.37. The average molecular weight is 459 g/mol. The van der Waals surface area contributed by atoms with Crippen LogP contribution in [0.2, 0.25) is 0 Å². The van der Waals surface area contributed by atoms with E-state index >= 15 is 0 Å². The van der Waals surface area contributed by atoms with Crippen LogP contribution in [0.15, 0.2) is 52.3 Å². The minimum atomic E-state index is -0.235. The SMILES string of the molecule is CNc1ncc2nc(-c3ccc(NSc4ccccc4C#N)nc3C)c(=O)n(C(C)C)c2n1. The molecule has 1 aromatic carbocycles. The summed E-state index contributed by atoms with van der Waals surface area (Å²) >= 11 is 1.31. The Kier molecular flexibility index (Phi) is 6.24. The number of nitrogens with one attached hydrogen (secondary N) is 2. The standard InChI is InChI=1S/C23H22N8OS/c1-13(2)31-21-17(12-26-23(25-4)29-21)28-20(22(31)32)16-9-10-19(27-14(16)3)30-33-18-8-6-5-7-15(18)11-24/h5-10,12-13H,1-4H3,(H,27,30)(H,25,26,29). The Morgan fingerprint density at radius 2 is 1.91 bits per heavy atom. The van der Waals surface area contributed by atoms with Crippen molar-refractivity contribution in [1.82, 2.24) is 24.5 Å². The lowest BCUT2D eigenvalue weighted by Gasteiger charge is -2.16. The third kappa shape index (κ3) is 4.36. The van der Waals surface area contributed by atoms with E-state index in [0.29, 0.717) is 45.4 Å². The van der Waals surface area contributed by atoms with Crippen LogP contribution in [0.5, 0.6) is 0 Å². The van der Waals surface area contributed by atoms with Crippen LogP contribution < -0.4 is 15.6 Å². The van der Waals surface area contributed by atoms with Gasteiger partial charge in [-0.2, -0.15) is 10.2 Å². The molecule has 0 aliphatic carbocycles. The van der Waals surface area contributed by atoms with Gasteiger partial charge in [0.1, 0.15) is 23.1 Å². The molecule has 2 N–H and O–H groups in total. The number of fused-ring (bicyclic) bond motifs is 1. The van der Waals surface area contributed by atoms with Gasteiger partial charge in [-0.15, -0.1) is 0 Å². The highest BCUT2D eigenvalue weighted by atomic mass is 32.2. The molecule has 0 atom stereocenters. The molecule has 0 fully saturated rings. The van der Waals surface area contributed by atoms with Crippen molar-refractivity contribution in [3.8, 4) is 17.3 Å². The summed E-state index contributed by atoms with van der Waals surface area (Å²) in [5.41, 5.74) is 2.96. The molecule has 0 unspecified atom stereocenters. The van der Waals surface area contributed by atoms with E-state index in [4.69, 9.17) is 0 Å². The molecule has 166 valence electrons. The molecule has 0 radical (unpaired) electrons. The third-order valence-corrected chi connectivity index (χ3v) is 5.87. The van der Waals surface area contributed by atoms with Gasteiger partial charge >= 0.3 is 0 Å². The Balaban J connectivity index is 1.72. The first kappa shape index (κ1) is 22.2. The van der Waals surface area contributed by atoms with Crippen molar-refractivity contribution in [2.75, 3.05) is 17.1 Å². The topological polar surface area (TPSA) is 121 Å². The predicted molar refractivity (Wildman–Crippen MR) is 130 cm³/mol. The monoisotopic (exact) mass is 458 g/mol. The van der Waals surface area contributed by atoms with E-state index in [1.54, 1.807) is 29.9 Å². The third-order valence-electron chi connectivity index (χ3n) is 4.99. The summed E-state index contributed by atoms with van der Waals surface area (Å²) in [5, 5.41) is 12.2. The van der Waals surface area contributed by atoms with Gasteiger partial charge in [-0.25, -0.2) is 15.0 Å². The zero-order chi connectivity index (χ0) is 23.5. The highest BCUT2D eigenvalue weighted by Gasteiger charge is 2.18. The van der Waals surface area contributed by atoms with Gasteiger partial charge in [0.05, 0.1) is 11.8 Å². The molecule has 4 aromatic rings. The number of aromatic nitrogens is 5. The molecule has 0 amide bonds. The largest absolute Gasteiger partial charge is 0.357 e. The summed E-state index contributed by atoms with van der Waals surface area (Å²) in [6.45, 7) is 5.69. The highest BCUT2D eigenvalue weighted by Crippen LogP contribution is 2.26. The Labute approximate surface area is 195 Å². The predicted octanol–water partition coefficient (Wildman–Crippen LogP) is 4.17. The second-order valence-electron chi connectivity index (χ2n) is 7.52. The zero-order valence-corrected chi connectivity index (χ0v) is 19.4. The minimum Gasteiger partial charge on any atom is -0.357 e. The average Bonchev–Trinajstić information content (AvgIpc) is 2.82. The van der Waals surface area contributed by atoms with Crippen molar-refractivity contribution in [1.29, 1.82) is 5.26 Å². The fraction of sp³-hybridized carbons (Fsp3) is 0.217. The number of anilines is 2. The second kappa shape index (κ2) is 9.26. The Bertz CT molecular complexity index is 1440. The molecule has 0 spiro atoms. The van der Waals surface area contributed by atoms with Gasteiger partial charge in [-0.3, -0.25) is 9.36 Å². The molecular formula is C23H22N8OS. The van der Waals surface area contributed by atoms with Crippen molar-refractivity contribution in [3.05, 3.63) is 64.2 Å². The van der Waals surface area contributed by atoms with E-state index in [9.17, 15) is 10.1 Å². The maximum atomic E-state index is 13.4. The summed E-state index contributed by atoms with van der Waals surface area (Å²) in [7, 11) is 1.72. The molecule has 3 heterocycles. The summed E-state index contributed by atoms with van der Waals surface area (Å²) < 4.78 is 4.79. The van der Waals surface area contributed by atoms with Crippen molar-refractivity contribution in [3.63, 3.8) is 0 Å². The lowest BCUT2D eigenvalue weighted by atomic mass is 10.1. The quantitative estimate of drug-likeness (QED) is 0.410. The molecular weight excluding hydrogens is 436 g/mol. The van der Waals surface area contributed by atoms with Crippen LogP contribution in [0.25, 0.3) is 22.4 Å². The lowest BCUT2D eigenvalue weighted by molar-refractivity contribution is 0.593. The fourth-order valence-electron chi connectivity index (χ4n) is 3.40. The molecule has 0 bridgehead atoms. The van der Waals surface area contributed by atoms with Gasteiger partial charge in [-0.05, 0) is 57.0 Å².